The molecule has 0 aliphatic carbocycles. The molecule has 0 spiro atoms. The fourth-order valence-electron chi connectivity index (χ4n) is 1.50. The third-order valence-corrected chi connectivity index (χ3v) is 2.34. The molecule has 88 valence electrons. The van der Waals surface area contributed by atoms with Gasteiger partial charge < -0.3 is 9.84 Å². The number of benzene rings is 1. The highest BCUT2D eigenvalue weighted by Gasteiger charge is 2.19. The van der Waals surface area contributed by atoms with Crippen molar-refractivity contribution in [3.63, 3.8) is 0 Å². The fraction of sp³-hybridized carbons (Fsp3) is 0.462. The van der Waals surface area contributed by atoms with Crippen LogP contribution in [0.4, 0.5) is 0 Å². The number of carbonyl (C=O) groups excluding carboxylic acids is 1. The van der Waals surface area contributed by atoms with Gasteiger partial charge in [0.2, 0.25) is 12.1 Å². The van der Waals surface area contributed by atoms with Gasteiger partial charge >= 0.3 is 0 Å². The molecule has 3 heteroatoms. The first-order valence-electron chi connectivity index (χ1n) is 5.58. The van der Waals surface area contributed by atoms with E-state index in [4.69, 9.17) is 4.74 Å². The molecule has 1 rings (SSSR count). The zero-order chi connectivity index (χ0) is 12.0. The van der Waals surface area contributed by atoms with Gasteiger partial charge in [0.1, 0.15) is 0 Å². The molecule has 0 radical (unpaired) electrons. The predicted octanol–water partition coefficient (Wildman–Crippen LogP) is 2.39. The second-order valence-electron chi connectivity index (χ2n) is 3.82. The number of Topliss-reactive ketones (excluding diaryl/α,β-unsaturated/α-hetero) is 1. The number of hydrogen-bond donors (Lipinski definition) is 1. The molecule has 0 saturated heterocycles. The lowest BCUT2D eigenvalue weighted by molar-refractivity contribution is -0.104. The molecule has 1 aromatic rings. The van der Waals surface area contributed by atoms with Gasteiger partial charge in [0.15, 0.2) is 0 Å². The molecular weight excluding hydrogens is 204 g/mol. The Morgan fingerprint density at radius 2 is 2.00 bits per heavy atom. The van der Waals surface area contributed by atoms with E-state index in [1.807, 2.05) is 19.9 Å². The summed E-state index contributed by atoms with van der Waals surface area (Å²) >= 11 is 0. The highest BCUT2D eigenvalue weighted by atomic mass is 16.6. The first-order chi connectivity index (χ1) is 7.65. The van der Waals surface area contributed by atoms with Gasteiger partial charge in [-0.15, -0.1) is 0 Å². The summed E-state index contributed by atoms with van der Waals surface area (Å²) < 4.78 is 5.21. The average Bonchev–Trinajstić information content (AvgIpc) is 2.29. The lowest BCUT2D eigenvalue weighted by Gasteiger charge is -2.16. The van der Waals surface area contributed by atoms with Crippen LogP contribution in [0.15, 0.2) is 30.3 Å². The van der Waals surface area contributed by atoms with Gasteiger partial charge in [-0.3, -0.25) is 4.79 Å². The summed E-state index contributed by atoms with van der Waals surface area (Å²) in [4.78, 5) is 11.7. The monoisotopic (exact) mass is 222 g/mol. The molecule has 0 aliphatic heterocycles. The highest BCUT2D eigenvalue weighted by molar-refractivity contribution is 5.98. The lowest BCUT2D eigenvalue weighted by Crippen LogP contribution is -2.28. The lowest BCUT2D eigenvalue weighted by atomic mass is 10.1. The Morgan fingerprint density at radius 1 is 1.38 bits per heavy atom. The third-order valence-electron chi connectivity index (χ3n) is 2.34. The van der Waals surface area contributed by atoms with E-state index >= 15 is 0 Å². The molecule has 0 saturated carbocycles. The second kappa shape index (κ2) is 6.40. The molecule has 0 amide bonds. The van der Waals surface area contributed by atoms with Crippen molar-refractivity contribution in [1.29, 1.82) is 0 Å². The smallest absolute Gasteiger partial charge is 0.220 e. The molecule has 16 heavy (non-hydrogen) atoms. The summed E-state index contributed by atoms with van der Waals surface area (Å²) in [5.74, 6) is -0.386. The minimum Gasteiger partial charge on any atom is -0.362 e. The van der Waals surface area contributed by atoms with Gasteiger partial charge in [0.25, 0.3) is 0 Å². The number of hydrogen-bond acceptors (Lipinski definition) is 3. The van der Waals surface area contributed by atoms with E-state index in [2.05, 4.69) is 0 Å². The molecule has 1 N–H and O–H groups in total. The van der Waals surface area contributed by atoms with E-state index in [1.54, 1.807) is 24.3 Å². The number of carbonyl (C=O) groups is 1. The van der Waals surface area contributed by atoms with E-state index in [-0.39, 0.29) is 11.9 Å². The summed E-state index contributed by atoms with van der Waals surface area (Å²) in [6, 6.07) is 8.67. The van der Waals surface area contributed by atoms with E-state index in [9.17, 15) is 9.90 Å². The van der Waals surface area contributed by atoms with Crippen LogP contribution in [0.3, 0.4) is 0 Å². The number of aliphatic hydroxyl groups is 1. The van der Waals surface area contributed by atoms with Crippen molar-refractivity contribution in [3.05, 3.63) is 35.9 Å². The van der Waals surface area contributed by atoms with Crippen LogP contribution in [0.25, 0.3) is 0 Å². The zero-order valence-corrected chi connectivity index (χ0v) is 9.72. The average molecular weight is 222 g/mol. The van der Waals surface area contributed by atoms with Crippen LogP contribution in [0, 0.1) is 0 Å². The first-order valence-corrected chi connectivity index (χ1v) is 5.58. The van der Waals surface area contributed by atoms with Crippen LogP contribution >= 0.6 is 0 Å². The van der Waals surface area contributed by atoms with E-state index in [0.717, 1.165) is 12.8 Å². The Kier molecular flexibility index (Phi) is 5.15. The predicted molar refractivity (Wildman–Crippen MR) is 62.2 cm³/mol. The summed E-state index contributed by atoms with van der Waals surface area (Å²) in [6.07, 6.45) is 0.337. The van der Waals surface area contributed by atoms with Crippen molar-refractivity contribution in [2.45, 2.75) is 39.1 Å². The normalized spacial score (nSPS) is 14.4. The number of ether oxygens (including phenoxy) is 1. The number of aliphatic hydroxyl groups excluding tert-OH is 1. The molecule has 0 fully saturated rings. The van der Waals surface area contributed by atoms with Gasteiger partial charge in [0.05, 0.1) is 6.10 Å². The van der Waals surface area contributed by atoms with Crippen molar-refractivity contribution < 1.29 is 14.6 Å². The van der Waals surface area contributed by atoms with Crippen LogP contribution in [-0.2, 0) is 4.74 Å². The van der Waals surface area contributed by atoms with Crippen LogP contribution in [0.1, 0.15) is 37.0 Å². The Labute approximate surface area is 96.1 Å². The quantitative estimate of drug-likeness (QED) is 0.594. The number of rotatable bonds is 6. The largest absolute Gasteiger partial charge is 0.362 e. The highest BCUT2D eigenvalue weighted by Crippen LogP contribution is 2.09. The molecule has 0 heterocycles. The van der Waals surface area contributed by atoms with Gasteiger partial charge in [-0.2, -0.15) is 0 Å². The number of ketones is 1. The second-order valence-corrected chi connectivity index (χ2v) is 3.82. The van der Waals surface area contributed by atoms with Crippen molar-refractivity contribution >= 4 is 5.78 Å². The van der Waals surface area contributed by atoms with Crippen LogP contribution in [0.2, 0.25) is 0 Å². The maximum atomic E-state index is 11.7. The van der Waals surface area contributed by atoms with Crippen molar-refractivity contribution in [1.82, 2.24) is 0 Å². The maximum Gasteiger partial charge on any atom is 0.220 e. The summed E-state index contributed by atoms with van der Waals surface area (Å²) in [6.45, 7) is 3.89. The SMILES string of the molecule is CCCC(C)OC(O)C(=O)c1ccccc1. The van der Waals surface area contributed by atoms with Crippen molar-refractivity contribution in [3.8, 4) is 0 Å². The van der Waals surface area contributed by atoms with Crippen LogP contribution < -0.4 is 0 Å². The Bertz CT molecular complexity index is 321. The standard InChI is InChI=1S/C13H18O3/c1-3-7-10(2)16-13(15)12(14)11-8-5-4-6-9-11/h4-6,8-10,13,15H,3,7H2,1-2H3. The minimum atomic E-state index is -1.36. The van der Waals surface area contributed by atoms with Crippen molar-refractivity contribution in [2.75, 3.05) is 0 Å². The maximum absolute atomic E-state index is 11.7. The van der Waals surface area contributed by atoms with Gasteiger partial charge in [-0.05, 0) is 13.3 Å². The van der Waals surface area contributed by atoms with E-state index < -0.39 is 6.29 Å². The molecule has 3 nitrogen and oxygen atoms in total. The topological polar surface area (TPSA) is 46.5 Å². The Balaban J connectivity index is 2.55. The van der Waals surface area contributed by atoms with Gasteiger partial charge in [0, 0.05) is 5.56 Å². The Hall–Kier alpha value is -1.19. The summed E-state index contributed by atoms with van der Waals surface area (Å²) in [5.41, 5.74) is 0.471. The Morgan fingerprint density at radius 3 is 2.56 bits per heavy atom. The summed E-state index contributed by atoms with van der Waals surface area (Å²) in [5, 5.41) is 9.60. The summed E-state index contributed by atoms with van der Waals surface area (Å²) in [7, 11) is 0. The third kappa shape index (κ3) is 3.76. The van der Waals surface area contributed by atoms with Crippen LogP contribution in [-0.4, -0.2) is 23.3 Å². The zero-order valence-electron chi connectivity index (χ0n) is 9.72. The van der Waals surface area contributed by atoms with E-state index in [0.29, 0.717) is 5.56 Å². The fourth-order valence-corrected chi connectivity index (χ4v) is 1.50. The van der Waals surface area contributed by atoms with E-state index in [1.165, 1.54) is 0 Å². The molecule has 0 aliphatic rings. The first kappa shape index (κ1) is 12.9. The van der Waals surface area contributed by atoms with Crippen LogP contribution in [0.5, 0.6) is 0 Å². The molecular formula is C13H18O3. The molecule has 2 unspecified atom stereocenters. The van der Waals surface area contributed by atoms with Crippen molar-refractivity contribution in [2.24, 2.45) is 0 Å². The van der Waals surface area contributed by atoms with Gasteiger partial charge in [-0.25, -0.2) is 0 Å². The molecule has 0 bridgehead atoms. The molecule has 0 aromatic heterocycles. The van der Waals surface area contributed by atoms with Gasteiger partial charge in [-0.1, -0.05) is 43.7 Å². The molecule has 2 atom stereocenters. The molecule has 1 aromatic carbocycles. The minimum absolute atomic E-state index is 0.104.